The highest BCUT2D eigenvalue weighted by Crippen LogP contribution is 2.24. The van der Waals surface area contributed by atoms with Crippen LogP contribution in [0.15, 0.2) is 36.7 Å². The fourth-order valence-electron chi connectivity index (χ4n) is 1.83. The van der Waals surface area contributed by atoms with Gasteiger partial charge in [-0.15, -0.1) is 0 Å². The Morgan fingerprint density at radius 3 is 2.68 bits per heavy atom. The van der Waals surface area contributed by atoms with Gasteiger partial charge in [0.05, 0.1) is 24.7 Å². The second-order valence-corrected chi connectivity index (χ2v) is 4.60. The Labute approximate surface area is 129 Å². The highest BCUT2D eigenvalue weighted by Gasteiger charge is 2.11. The highest BCUT2D eigenvalue weighted by atomic mass is 16.5. The van der Waals surface area contributed by atoms with E-state index in [-0.39, 0.29) is 11.6 Å². The van der Waals surface area contributed by atoms with E-state index < -0.39 is 0 Å². The molecule has 1 amide bonds. The summed E-state index contributed by atoms with van der Waals surface area (Å²) in [5.41, 5.74) is 0.873. The molecule has 0 unspecified atom stereocenters. The Balaban J connectivity index is 2.06. The molecule has 0 spiro atoms. The molecule has 22 heavy (non-hydrogen) atoms. The summed E-state index contributed by atoms with van der Waals surface area (Å²) in [5, 5.41) is 5.90. The van der Waals surface area contributed by atoms with Crippen molar-refractivity contribution >= 4 is 17.4 Å². The van der Waals surface area contributed by atoms with Crippen molar-refractivity contribution in [3.8, 4) is 5.75 Å². The molecule has 0 saturated carbocycles. The van der Waals surface area contributed by atoms with E-state index in [2.05, 4.69) is 27.5 Å². The van der Waals surface area contributed by atoms with Gasteiger partial charge < -0.3 is 15.4 Å². The normalized spacial score (nSPS) is 10.1. The number of hydrogen-bond donors (Lipinski definition) is 2. The maximum atomic E-state index is 12.2. The molecule has 0 atom stereocenters. The minimum absolute atomic E-state index is 0.258. The lowest BCUT2D eigenvalue weighted by Crippen LogP contribution is -2.15. The lowest BCUT2D eigenvalue weighted by atomic mass is 10.3. The summed E-state index contributed by atoms with van der Waals surface area (Å²) in [6.45, 7) is 5.32. The van der Waals surface area contributed by atoms with Gasteiger partial charge in [0.1, 0.15) is 17.3 Å². The monoisotopic (exact) mass is 300 g/mol. The van der Waals surface area contributed by atoms with E-state index in [1.54, 1.807) is 12.3 Å². The van der Waals surface area contributed by atoms with E-state index in [1.807, 2.05) is 25.1 Å². The van der Waals surface area contributed by atoms with Crippen LogP contribution in [0.1, 0.15) is 30.8 Å². The number of amides is 1. The van der Waals surface area contributed by atoms with E-state index >= 15 is 0 Å². The largest absolute Gasteiger partial charge is 0.492 e. The molecule has 0 fully saturated rings. The van der Waals surface area contributed by atoms with Crippen molar-refractivity contribution in [2.75, 3.05) is 23.8 Å². The second-order valence-electron chi connectivity index (χ2n) is 4.60. The van der Waals surface area contributed by atoms with Gasteiger partial charge in [-0.1, -0.05) is 19.1 Å². The molecule has 6 heteroatoms. The summed E-state index contributed by atoms with van der Waals surface area (Å²) in [4.78, 5) is 20.5. The molecule has 2 aromatic rings. The van der Waals surface area contributed by atoms with E-state index in [4.69, 9.17) is 4.74 Å². The van der Waals surface area contributed by atoms with Crippen molar-refractivity contribution in [3.05, 3.63) is 42.4 Å². The Bertz CT molecular complexity index is 614. The SMILES string of the molecule is CCCNc1cnc(C(=O)Nc2ccccc2OCC)cn1. The summed E-state index contributed by atoms with van der Waals surface area (Å²) in [6, 6.07) is 7.28. The van der Waals surface area contributed by atoms with Gasteiger partial charge in [0.25, 0.3) is 5.91 Å². The van der Waals surface area contributed by atoms with Gasteiger partial charge in [0.2, 0.25) is 0 Å². The second kappa shape index (κ2) is 7.97. The molecule has 0 bridgehead atoms. The van der Waals surface area contributed by atoms with Crippen molar-refractivity contribution in [1.82, 2.24) is 9.97 Å². The average molecular weight is 300 g/mol. The van der Waals surface area contributed by atoms with E-state index in [1.165, 1.54) is 6.20 Å². The first kappa shape index (κ1) is 15.8. The number of para-hydroxylation sites is 2. The third-order valence-corrected chi connectivity index (χ3v) is 2.88. The number of nitrogens with zero attached hydrogens (tertiary/aromatic N) is 2. The maximum absolute atomic E-state index is 12.2. The molecule has 1 aromatic carbocycles. The van der Waals surface area contributed by atoms with Gasteiger partial charge in [0, 0.05) is 6.54 Å². The Morgan fingerprint density at radius 1 is 1.18 bits per heavy atom. The fraction of sp³-hybridized carbons (Fsp3) is 0.312. The average Bonchev–Trinajstić information content (AvgIpc) is 2.55. The van der Waals surface area contributed by atoms with Crippen LogP contribution < -0.4 is 15.4 Å². The van der Waals surface area contributed by atoms with Crippen molar-refractivity contribution in [3.63, 3.8) is 0 Å². The summed E-state index contributed by atoms with van der Waals surface area (Å²) in [7, 11) is 0. The van der Waals surface area contributed by atoms with Crippen LogP contribution in [0.3, 0.4) is 0 Å². The number of benzene rings is 1. The van der Waals surface area contributed by atoms with Gasteiger partial charge in [0.15, 0.2) is 0 Å². The number of anilines is 2. The molecular formula is C16H20N4O2. The van der Waals surface area contributed by atoms with Crippen LogP contribution in [0.2, 0.25) is 0 Å². The molecule has 2 rings (SSSR count). The standard InChI is InChI=1S/C16H20N4O2/c1-3-9-17-15-11-18-13(10-19-15)16(21)20-12-7-5-6-8-14(12)22-4-2/h5-8,10-11H,3-4,9H2,1-2H3,(H,17,19)(H,20,21). The Kier molecular flexibility index (Phi) is 5.71. The fourth-order valence-corrected chi connectivity index (χ4v) is 1.83. The van der Waals surface area contributed by atoms with Crippen LogP contribution in [-0.4, -0.2) is 29.0 Å². The number of rotatable bonds is 7. The van der Waals surface area contributed by atoms with Crippen molar-refractivity contribution in [2.24, 2.45) is 0 Å². The molecular weight excluding hydrogens is 280 g/mol. The van der Waals surface area contributed by atoms with Gasteiger partial charge >= 0.3 is 0 Å². The van der Waals surface area contributed by atoms with Gasteiger partial charge in [-0.25, -0.2) is 9.97 Å². The van der Waals surface area contributed by atoms with E-state index in [0.717, 1.165) is 13.0 Å². The predicted molar refractivity (Wildman–Crippen MR) is 86.4 cm³/mol. The van der Waals surface area contributed by atoms with Gasteiger partial charge in [-0.2, -0.15) is 0 Å². The first-order valence-electron chi connectivity index (χ1n) is 7.33. The molecule has 0 aliphatic heterocycles. The highest BCUT2D eigenvalue weighted by molar-refractivity contribution is 6.03. The molecule has 1 aromatic heterocycles. The van der Waals surface area contributed by atoms with Crippen LogP contribution >= 0.6 is 0 Å². The molecule has 1 heterocycles. The zero-order valence-corrected chi connectivity index (χ0v) is 12.8. The molecule has 0 radical (unpaired) electrons. The van der Waals surface area contributed by atoms with E-state index in [0.29, 0.717) is 23.9 Å². The Morgan fingerprint density at radius 2 is 2.00 bits per heavy atom. The Hall–Kier alpha value is -2.63. The van der Waals surface area contributed by atoms with Crippen molar-refractivity contribution < 1.29 is 9.53 Å². The van der Waals surface area contributed by atoms with Crippen LogP contribution in [0.5, 0.6) is 5.75 Å². The maximum Gasteiger partial charge on any atom is 0.275 e. The lowest BCUT2D eigenvalue weighted by Gasteiger charge is -2.11. The third kappa shape index (κ3) is 4.18. The number of carbonyl (C=O) groups is 1. The first-order chi connectivity index (χ1) is 10.7. The third-order valence-electron chi connectivity index (χ3n) is 2.88. The first-order valence-corrected chi connectivity index (χ1v) is 7.33. The number of nitrogens with one attached hydrogen (secondary N) is 2. The zero-order chi connectivity index (χ0) is 15.8. The van der Waals surface area contributed by atoms with Crippen LogP contribution in [-0.2, 0) is 0 Å². The number of ether oxygens (including phenoxy) is 1. The van der Waals surface area contributed by atoms with Crippen LogP contribution in [0.4, 0.5) is 11.5 Å². The summed E-state index contributed by atoms with van der Waals surface area (Å²) in [5.74, 6) is 0.974. The van der Waals surface area contributed by atoms with Crippen molar-refractivity contribution in [2.45, 2.75) is 20.3 Å². The lowest BCUT2D eigenvalue weighted by molar-refractivity contribution is 0.102. The van der Waals surface area contributed by atoms with Gasteiger partial charge in [-0.05, 0) is 25.5 Å². The topological polar surface area (TPSA) is 76.1 Å². The quantitative estimate of drug-likeness (QED) is 0.822. The number of aromatic nitrogens is 2. The number of carbonyl (C=O) groups excluding carboxylic acids is 1. The molecule has 0 aliphatic rings. The smallest absolute Gasteiger partial charge is 0.275 e. The molecule has 116 valence electrons. The number of hydrogen-bond acceptors (Lipinski definition) is 5. The van der Waals surface area contributed by atoms with Crippen molar-refractivity contribution in [1.29, 1.82) is 0 Å². The molecule has 0 saturated heterocycles. The minimum Gasteiger partial charge on any atom is -0.492 e. The zero-order valence-electron chi connectivity index (χ0n) is 12.8. The van der Waals surface area contributed by atoms with Gasteiger partial charge in [-0.3, -0.25) is 4.79 Å². The minimum atomic E-state index is -0.318. The molecule has 0 aliphatic carbocycles. The summed E-state index contributed by atoms with van der Waals surface area (Å²) in [6.07, 6.45) is 4.01. The van der Waals surface area contributed by atoms with Crippen LogP contribution in [0, 0.1) is 0 Å². The summed E-state index contributed by atoms with van der Waals surface area (Å²) < 4.78 is 5.48. The molecule has 2 N–H and O–H groups in total. The van der Waals surface area contributed by atoms with E-state index in [9.17, 15) is 4.79 Å². The molecule has 6 nitrogen and oxygen atoms in total. The summed E-state index contributed by atoms with van der Waals surface area (Å²) >= 11 is 0. The predicted octanol–water partition coefficient (Wildman–Crippen LogP) is 2.95. The van der Waals surface area contributed by atoms with Crippen LogP contribution in [0.25, 0.3) is 0 Å².